The molecule has 1 heterocycles. The van der Waals surface area contributed by atoms with Gasteiger partial charge in [0.2, 0.25) is 0 Å². The molecule has 0 saturated heterocycles. The lowest BCUT2D eigenvalue weighted by Crippen LogP contribution is -2.16. The fourth-order valence-corrected chi connectivity index (χ4v) is 1.05. The summed E-state index contributed by atoms with van der Waals surface area (Å²) in [6, 6.07) is 3.03. The van der Waals surface area contributed by atoms with Crippen LogP contribution in [0.2, 0.25) is 0 Å². The number of hydrogen-bond acceptors (Lipinski definition) is 6. The first-order chi connectivity index (χ1) is 9.00. The number of carbonyl (C=O) groups excluding carboxylic acids is 3. The van der Waals surface area contributed by atoms with Crippen LogP contribution in [-0.4, -0.2) is 29.5 Å². The first kappa shape index (κ1) is 14.6. The molecular formula is C13H13NO5. The number of carbonyl (C=O) groups is 3. The average molecular weight is 263 g/mol. The predicted octanol–water partition coefficient (Wildman–Crippen LogP) is 1.27. The van der Waals surface area contributed by atoms with Crippen LogP contribution in [0.15, 0.2) is 36.7 Å². The number of aromatic nitrogens is 1. The van der Waals surface area contributed by atoms with Crippen LogP contribution >= 0.6 is 0 Å². The van der Waals surface area contributed by atoms with Crippen molar-refractivity contribution < 1.29 is 23.9 Å². The molecule has 0 N–H and O–H groups in total. The normalized spacial score (nSPS) is 9.53. The standard InChI is InChI=1S/C13H13NO5/c1-9(2)12(16)18-7-5-11(15)19-13(17)10-4-3-6-14-8-10/h3-4,6,8H,1,5,7H2,2H3. The van der Waals surface area contributed by atoms with Gasteiger partial charge in [-0.2, -0.15) is 0 Å². The summed E-state index contributed by atoms with van der Waals surface area (Å²) >= 11 is 0. The van der Waals surface area contributed by atoms with E-state index in [1.165, 1.54) is 25.4 Å². The molecule has 0 amide bonds. The van der Waals surface area contributed by atoms with Crippen molar-refractivity contribution in [3.8, 4) is 0 Å². The maximum atomic E-state index is 11.5. The molecule has 0 radical (unpaired) electrons. The number of nitrogens with zero attached hydrogens (tertiary/aromatic N) is 1. The molecule has 0 fully saturated rings. The van der Waals surface area contributed by atoms with E-state index >= 15 is 0 Å². The summed E-state index contributed by atoms with van der Waals surface area (Å²) in [5, 5.41) is 0. The van der Waals surface area contributed by atoms with Gasteiger partial charge < -0.3 is 9.47 Å². The smallest absolute Gasteiger partial charge is 0.347 e. The Morgan fingerprint density at radius 3 is 2.68 bits per heavy atom. The average Bonchev–Trinajstić information content (AvgIpc) is 2.39. The lowest BCUT2D eigenvalue weighted by molar-refractivity contribution is -0.143. The van der Waals surface area contributed by atoms with Gasteiger partial charge in [-0.15, -0.1) is 0 Å². The van der Waals surface area contributed by atoms with E-state index in [0.717, 1.165) is 0 Å². The number of esters is 3. The van der Waals surface area contributed by atoms with Gasteiger partial charge in [0.1, 0.15) is 6.61 Å². The van der Waals surface area contributed by atoms with Crippen LogP contribution in [0.5, 0.6) is 0 Å². The molecule has 0 unspecified atom stereocenters. The molecule has 1 rings (SSSR count). The molecule has 0 aliphatic heterocycles. The zero-order chi connectivity index (χ0) is 14.3. The largest absolute Gasteiger partial charge is 0.462 e. The van der Waals surface area contributed by atoms with Gasteiger partial charge in [0.05, 0.1) is 12.0 Å². The van der Waals surface area contributed by atoms with Gasteiger partial charge in [-0.05, 0) is 19.1 Å². The maximum absolute atomic E-state index is 11.5. The molecule has 0 bridgehead atoms. The Hall–Kier alpha value is -2.50. The molecule has 1 aromatic rings. The Labute approximate surface area is 110 Å². The van der Waals surface area contributed by atoms with Crippen molar-refractivity contribution in [1.82, 2.24) is 4.98 Å². The molecule has 0 spiro atoms. The highest BCUT2D eigenvalue weighted by atomic mass is 16.6. The number of hydrogen-bond donors (Lipinski definition) is 0. The van der Waals surface area contributed by atoms with Crippen molar-refractivity contribution in [1.29, 1.82) is 0 Å². The third kappa shape index (κ3) is 5.12. The van der Waals surface area contributed by atoms with E-state index in [9.17, 15) is 14.4 Å². The zero-order valence-corrected chi connectivity index (χ0v) is 10.4. The van der Waals surface area contributed by atoms with Crippen molar-refractivity contribution >= 4 is 17.9 Å². The van der Waals surface area contributed by atoms with Crippen LogP contribution in [0, 0.1) is 0 Å². The van der Waals surface area contributed by atoms with Crippen LogP contribution in [0.1, 0.15) is 23.7 Å². The van der Waals surface area contributed by atoms with Gasteiger partial charge in [0.25, 0.3) is 0 Å². The van der Waals surface area contributed by atoms with Crippen LogP contribution in [0.25, 0.3) is 0 Å². The molecule has 19 heavy (non-hydrogen) atoms. The van der Waals surface area contributed by atoms with Crippen LogP contribution in [0.3, 0.4) is 0 Å². The van der Waals surface area contributed by atoms with Crippen molar-refractivity contribution in [3.63, 3.8) is 0 Å². The fourth-order valence-electron chi connectivity index (χ4n) is 1.05. The van der Waals surface area contributed by atoms with Gasteiger partial charge in [-0.3, -0.25) is 9.78 Å². The van der Waals surface area contributed by atoms with Gasteiger partial charge in [0.15, 0.2) is 0 Å². The Kier molecular flexibility index (Phi) is 5.40. The minimum Gasteiger partial charge on any atom is -0.462 e. The molecule has 0 aliphatic carbocycles. The van der Waals surface area contributed by atoms with E-state index in [0.29, 0.717) is 0 Å². The Balaban J connectivity index is 2.34. The molecule has 6 nitrogen and oxygen atoms in total. The fraction of sp³-hybridized carbons (Fsp3) is 0.231. The molecule has 0 saturated carbocycles. The lowest BCUT2D eigenvalue weighted by atomic mass is 10.3. The zero-order valence-electron chi connectivity index (χ0n) is 10.4. The van der Waals surface area contributed by atoms with E-state index in [4.69, 9.17) is 4.74 Å². The summed E-state index contributed by atoms with van der Waals surface area (Å²) in [7, 11) is 0. The highest BCUT2D eigenvalue weighted by molar-refractivity contribution is 5.96. The molecule has 6 heteroatoms. The molecule has 0 atom stereocenters. The monoisotopic (exact) mass is 263 g/mol. The van der Waals surface area contributed by atoms with Crippen LogP contribution in [-0.2, 0) is 19.1 Å². The first-order valence-corrected chi connectivity index (χ1v) is 5.48. The van der Waals surface area contributed by atoms with Gasteiger partial charge in [0, 0.05) is 18.0 Å². The topological polar surface area (TPSA) is 82.6 Å². The highest BCUT2D eigenvalue weighted by Crippen LogP contribution is 2.01. The number of ether oxygens (including phenoxy) is 2. The molecule has 0 aliphatic rings. The van der Waals surface area contributed by atoms with Gasteiger partial charge in [-0.25, -0.2) is 9.59 Å². The summed E-state index contributed by atoms with van der Waals surface area (Å²) in [5.41, 5.74) is 0.412. The summed E-state index contributed by atoms with van der Waals surface area (Å²) < 4.78 is 9.25. The Morgan fingerprint density at radius 1 is 1.37 bits per heavy atom. The second-order valence-electron chi connectivity index (χ2n) is 3.67. The van der Waals surface area contributed by atoms with Crippen LogP contribution < -0.4 is 0 Å². The predicted molar refractivity (Wildman–Crippen MR) is 65.0 cm³/mol. The molecule has 1 aromatic heterocycles. The SMILES string of the molecule is C=C(C)C(=O)OCCC(=O)OC(=O)c1cccnc1. The molecule has 100 valence electrons. The van der Waals surface area contributed by atoms with Crippen molar-refractivity contribution in [3.05, 3.63) is 42.2 Å². The first-order valence-electron chi connectivity index (χ1n) is 5.48. The van der Waals surface area contributed by atoms with Crippen molar-refractivity contribution in [2.45, 2.75) is 13.3 Å². The van der Waals surface area contributed by atoms with Crippen molar-refractivity contribution in [2.24, 2.45) is 0 Å². The molecule has 0 aromatic carbocycles. The number of pyridine rings is 1. The van der Waals surface area contributed by atoms with E-state index in [2.05, 4.69) is 16.3 Å². The second kappa shape index (κ2) is 7.05. The van der Waals surface area contributed by atoms with E-state index in [-0.39, 0.29) is 24.2 Å². The number of rotatable bonds is 5. The Bertz CT molecular complexity index is 495. The van der Waals surface area contributed by atoms with E-state index < -0.39 is 17.9 Å². The molecular weight excluding hydrogens is 250 g/mol. The van der Waals surface area contributed by atoms with Gasteiger partial charge >= 0.3 is 17.9 Å². The van der Waals surface area contributed by atoms with Crippen molar-refractivity contribution in [2.75, 3.05) is 6.61 Å². The highest BCUT2D eigenvalue weighted by Gasteiger charge is 2.13. The lowest BCUT2D eigenvalue weighted by Gasteiger charge is -2.04. The quantitative estimate of drug-likeness (QED) is 0.452. The van der Waals surface area contributed by atoms with E-state index in [1.54, 1.807) is 6.07 Å². The summed E-state index contributed by atoms with van der Waals surface area (Å²) in [4.78, 5) is 37.5. The third-order valence-corrected chi connectivity index (χ3v) is 1.99. The second-order valence-corrected chi connectivity index (χ2v) is 3.67. The maximum Gasteiger partial charge on any atom is 0.347 e. The van der Waals surface area contributed by atoms with Crippen LogP contribution in [0.4, 0.5) is 0 Å². The van der Waals surface area contributed by atoms with Gasteiger partial charge in [-0.1, -0.05) is 6.58 Å². The summed E-state index contributed by atoms with van der Waals surface area (Å²) in [5.74, 6) is -2.15. The van der Waals surface area contributed by atoms with E-state index in [1.807, 2.05) is 0 Å². The minimum absolute atomic E-state index is 0.162. The Morgan fingerprint density at radius 2 is 2.11 bits per heavy atom. The minimum atomic E-state index is -0.788. The third-order valence-electron chi connectivity index (χ3n) is 1.99. The summed E-state index contributed by atoms with van der Waals surface area (Å²) in [6.07, 6.45) is 2.58. The summed E-state index contributed by atoms with van der Waals surface area (Å²) in [6.45, 7) is 4.72.